The predicted octanol–water partition coefficient (Wildman–Crippen LogP) is 4.44. The van der Waals surface area contributed by atoms with Crippen LogP contribution < -0.4 is 10.2 Å². The Hall–Kier alpha value is -3.08. The first-order valence-corrected chi connectivity index (χ1v) is 9.31. The minimum atomic E-state index is -0.242. The quantitative estimate of drug-likeness (QED) is 0.746. The van der Waals surface area contributed by atoms with Crippen LogP contribution in [-0.4, -0.2) is 18.4 Å². The molecule has 0 radical (unpaired) electrons. The molecule has 2 amide bonds. The molecule has 2 heterocycles. The molecule has 0 spiro atoms. The van der Waals surface area contributed by atoms with Gasteiger partial charge in [-0.2, -0.15) is 0 Å². The number of piperidine rings is 1. The average molecular weight is 362 g/mol. The van der Waals surface area contributed by atoms with E-state index in [-0.39, 0.29) is 17.9 Å². The molecular formula is C22H22N2O3. The fourth-order valence-corrected chi connectivity index (χ4v) is 3.44. The van der Waals surface area contributed by atoms with Crippen LogP contribution in [0, 0.1) is 0 Å². The van der Waals surface area contributed by atoms with Crippen molar-refractivity contribution in [1.29, 1.82) is 0 Å². The number of amides is 2. The first kappa shape index (κ1) is 17.3. The third-order valence-electron chi connectivity index (χ3n) is 4.98. The van der Waals surface area contributed by atoms with Crippen molar-refractivity contribution in [3.63, 3.8) is 0 Å². The van der Waals surface area contributed by atoms with E-state index in [4.69, 9.17) is 4.42 Å². The highest BCUT2D eigenvalue weighted by atomic mass is 16.3. The molecule has 0 bridgehead atoms. The minimum absolute atomic E-state index is 0.150. The number of rotatable bonds is 4. The molecule has 2 aromatic carbocycles. The van der Waals surface area contributed by atoms with Gasteiger partial charge in [0, 0.05) is 29.6 Å². The lowest BCUT2D eigenvalue weighted by Gasteiger charge is -2.26. The van der Waals surface area contributed by atoms with Crippen LogP contribution in [0.15, 0.2) is 59.0 Å². The maximum absolute atomic E-state index is 12.6. The van der Waals surface area contributed by atoms with E-state index in [9.17, 15) is 9.59 Å². The fraction of sp³-hybridized carbons (Fsp3) is 0.273. The van der Waals surface area contributed by atoms with Gasteiger partial charge >= 0.3 is 0 Å². The number of hydrogen-bond acceptors (Lipinski definition) is 3. The molecule has 138 valence electrons. The van der Waals surface area contributed by atoms with Gasteiger partial charge in [0.05, 0.1) is 6.04 Å². The largest absolute Gasteiger partial charge is 0.459 e. The van der Waals surface area contributed by atoms with Crippen molar-refractivity contribution in [3.8, 4) is 0 Å². The highest BCUT2D eigenvalue weighted by molar-refractivity contribution is 5.97. The summed E-state index contributed by atoms with van der Waals surface area (Å²) in [6.45, 7) is 2.64. The van der Waals surface area contributed by atoms with Crippen molar-refractivity contribution < 1.29 is 14.0 Å². The van der Waals surface area contributed by atoms with Crippen LogP contribution in [0.4, 0.5) is 5.69 Å². The number of carbonyl (C=O) groups excluding carboxylic acids is 2. The second-order valence-electron chi connectivity index (χ2n) is 6.93. The van der Waals surface area contributed by atoms with Crippen LogP contribution in [0.1, 0.15) is 48.3 Å². The standard InChI is InChI=1S/C22H22N2O3/c1-15(20-14-17-6-2-3-7-19(17)27-20)23-22(26)16-9-11-18(12-10-16)24-13-5-4-8-21(24)25/h2-3,6-7,9-12,14-15H,4-5,8,13H2,1H3,(H,23,26). The van der Waals surface area contributed by atoms with E-state index in [0.29, 0.717) is 12.0 Å². The van der Waals surface area contributed by atoms with Crippen LogP contribution in [0.5, 0.6) is 0 Å². The molecule has 1 aliphatic heterocycles. The number of furan rings is 1. The van der Waals surface area contributed by atoms with E-state index in [1.165, 1.54) is 0 Å². The smallest absolute Gasteiger partial charge is 0.251 e. The molecule has 1 N–H and O–H groups in total. The molecule has 1 saturated heterocycles. The normalized spacial score (nSPS) is 15.7. The molecular weight excluding hydrogens is 340 g/mol. The second-order valence-corrected chi connectivity index (χ2v) is 6.93. The Morgan fingerprint density at radius 1 is 1.11 bits per heavy atom. The second kappa shape index (κ2) is 7.27. The molecule has 5 nitrogen and oxygen atoms in total. The molecule has 1 unspecified atom stereocenters. The molecule has 1 aromatic heterocycles. The Morgan fingerprint density at radius 2 is 1.89 bits per heavy atom. The topological polar surface area (TPSA) is 62.6 Å². The average Bonchev–Trinajstić information content (AvgIpc) is 3.13. The third-order valence-corrected chi connectivity index (χ3v) is 4.98. The van der Waals surface area contributed by atoms with Gasteiger partial charge in [-0.1, -0.05) is 18.2 Å². The minimum Gasteiger partial charge on any atom is -0.459 e. The van der Waals surface area contributed by atoms with Crippen molar-refractivity contribution in [2.24, 2.45) is 0 Å². The van der Waals surface area contributed by atoms with Gasteiger partial charge in [-0.15, -0.1) is 0 Å². The molecule has 1 aliphatic rings. The van der Waals surface area contributed by atoms with E-state index in [2.05, 4.69) is 5.32 Å². The van der Waals surface area contributed by atoms with Crippen LogP contribution >= 0.6 is 0 Å². The molecule has 0 aliphatic carbocycles. The van der Waals surface area contributed by atoms with E-state index in [1.807, 2.05) is 49.4 Å². The lowest BCUT2D eigenvalue weighted by molar-refractivity contribution is -0.119. The Kier molecular flexibility index (Phi) is 4.67. The summed E-state index contributed by atoms with van der Waals surface area (Å²) >= 11 is 0. The molecule has 1 atom stereocenters. The predicted molar refractivity (Wildman–Crippen MR) is 105 cm³/mol. The number of carbonyl (C=O) groups is 2. The maximum atomic E-state index is 12.6. The summed E-state index contributed by atoms with van der Waals surface area (Å²) in [6.07, 6.45) is 2.57. The Bertz CT molecular complexity index is 942. The lowest BCUT2D eigenvalue weighted by atomic mass is 10.1. The van der Waals surface area contributed by atoms with Gasteiger partial charge in [-0.25, -0.2) is 0 Å². The third kappa shape index (κ3) is 3.58. The Balaban J connectivity index is 1.45. The van der Waals surface area contributed by atoms with Crippen LogP contribution in [0.25, 0.3) is 11.0 Å². The van der Waals surface area contributed by atoms with Crippen molar-refractivity contribution in [1.82, 2.24) is 5.32 Å². The van der Waals surface area contributed by atoms with Crippen LogP contribution in [-0.2, 0) is 4.79 Å². The van der Waals surface area contributed by atoms with Crippen LogP contribution in [0.3, 0.4) is 0 Å². The van der Waals surface area contributed by atoms with Gasteiger partial charge in [-0.05, 0) is 56.2 Å². The molecule has 5 heteroatoms. The van der Waals surface area contributed by atoms with Gasteiger partial charge in [0.1, 0.15) is 11.3 Å². The zero-order chi connectivity index (χ0) is 18.8. The Labute approximate surface area is 158 Å². The van der Waals surface area contributed by atoms with Gasteiger partial charge in [-0.3, -0.25) is 9.59 Å². The van der Waals surface area contributed by atoms with Gasteiger partial charge in [0.25, 0.3) is 5.91 Å². The number of fused-ring (bicyclic) bond motifs is 1. The summed E-state index contributed by atoms with van der Waals surface area (Å²) in [5.41, 5.74) is 2.22. The van der Waals surface area contributed by atoms with Crippen LogP contribution in [0.2, 0.25) is 0 Å². The fourth-order valence-electron chi connectivity index (χ4n) is 3.44. The summed E-state index contributed by atoms with van der Waals surface area (Å²) < 4.78 is 5.82. The zero-order valence-electron chi connectivity index (χ0n) is 15.3. The zero-order valence-corrected chi connectivity index (χ0v) is 15.3. The molecule has 27 heavy (non-hydrogen) atoms. The maximum Gasteiger partial charge on any atom is 0.251 e. The summed E-state index contributed by atoms with van der Waals surface area (Å²) in [6, 6.07) is 16.7. The summed E-state index contributed by atoms with van der Waals surface area (Å²) in [5.74, 6) is 0.705. The van der Waals surface area contributed by atoms with E-state index >= 15 is 0 Å². The number of para-hydroxylation sites is 1. The van der Waals surface area contributed by atoms with Crippen molar-refractivity contribution in [2.75, 3.05) is 11.4 Å². The molecule has 4 rings (SSSR count). The SMILES string of the molecule is CC(NC(=O)c1ccc(N2CCCCC2=O)cc1)c1cc2ccccc2o1. The summed E-state index contributed by atoms with van der Waals surface area (Å²) in [5, 5.41) is 3.99. The first-order chi connectivity index (χ1) is 13.1. The van der Waals surface area contributed by atoms with E-state index < -0.39 is 0 Å². The monoisotopic (exact) mass is 362 g/mol. The molecule has 0 saturated carbocycles. The number of nitrogens with zero attached hydrogens (tertiary/aromatic N) is 1. The first-order valence-electron chi connectivity index (χ1n) is 9.31. The lowest BCUT2D eigenvalue weighted by Crippen LogP contribution is -2.35. The van der Waals surface area contributed by atoms with Crippen molar-refractivity contribution >= 4 is 28.5 Å². The summed E-state index contributed by atoms with van der Waals surface area (Å²) in [7, 11) is 0. The van der Waals surface area contributed by atoms with Crippen molar-refractivity contribution in [3.05, 3.63) is 65.9 Å². The Morgan fingerprint density at radius 3 is 2.63 bits per heavy atom. The van der Waals surface area contributed by atoms with Gasteiger partial charge in [0.2, 0.25) is 5.91 Å². The highest BCUT2D eigenvalue weighted by Gasteiger charge is 2.20. The molecule has 1 fully saturated rings. The van der Waals surface area contributed by atoms with Gasteiger partial charge < -0.3 is 14.6 Å². The van der Waals surface area contributed by atoms with Crippen molar-refractivity contribution in [2.45, 2.75) is 32.2 Å². The van der Waals surface area contributed by atoms with Gasteiger partial charge in [0.15, 0.2) is 0 Å². The van der Waals surface area contributed by atoms with E-state index in [1.54, 1.807) is 17.0 Å². The number of benzene rings is 2. The van der Waals surface area contributed by atoms with E-state index in [0.717, 1.165) is 41.8 Å². The molecule has 3 aromatic rings. The number of hydrogen-bond donors (Lipinski definition) is 1. The number of anilines is 1. The summed E-state index contributed by atoms with van der Waals surface area (Å²) in [4.78, 5) is 26.4. The number of nitrogens with one attached hydrogen (secondary N) is 1. The highest BCUT2D eigenvalue weighted by Crippen LogP contribution is 2.24.